The van der Waals surface area contributed by atoms with Crippen LogP contribution in [0.2, 0.25) is 0 Å². The highest BCUT2D eigenvalue weighted by molar-refractivity contribution is 5.94. The van der Waals surface area contributed by atoms with E-state index in [4.69, 9.17) is 9.47 Å². The molecule has 0 saturated carbocycles. The molecule has 3 rings (SSSR count). The highest BCUT2D eigenvalue weighted by Crippen LogP contribution is 2.30. The number of nitrogens with one attached hydrogen (secondary N) is 2. The summed E-state index contributed by atoms with van der Waals surface area (Å²) in [6, 6.07) is 3.67. The number of aromatic nitrogens is 3. The Morgan fingerprint density at radius 1 is 1.52 bits per heavy atom. The van der Waals surface area contributed by atoms with Crippen LogP contribution in [-0.2, 0) is 17.7 Å². The van der Waals surface area contributed by atoms with Crippen LogP contribution in [0.25, 0.3) is 0 Å². The molecule has 0 aromatic carbocycles. The number of pyridine rings is 1. The van der Waals surface area contributed by atoms with Crippen LogP contribution in [0.4, 0.5) is 0 Å². The molecule has 3 heterocycles. The molecule has 0 radical (unpaired) electrons. The average molecular weight is 316 g/mol. The predicted octanol–water partition coefficient (Wildman–Crippen LogP) is 1.77. The van der Waals surface area contributed by atoms with Gasteiger partial charge in [0, 0.05) is 30.3 Å². The number of hydrogen-bond donors (Lipinski definition) is 2. The highest BCUT2D eigenvalue weighted by Gasteiger charge is 2.29. The molecule has 7 heteroatoms. The minimum absolute atomic E-state index is 0.0695. The van der Waals surface area contributed by atoms with Crippen molar-refractivity contribution in [2.75, 3.05) is 7.11 Å². The van der Waals surface area contributed by atoms with E-state index in [1.165, 1.54) is 0 Å². The van der Waals surface area contributed by atoms with Crippen LogP contribution >= 0.6 is 0 Å². The fourth-order valence-corrected chi connectivity index (χ4v) is 2.86. The van der Waals surface area contributed by atoms with Gasteiger partial charge in [-0.05, 0) is 19.9 Å². The van der Waals surface area contributed by atoms with Gasteiger partial charge in [-0.2, -0.15) is 5.10 Å². The van der Waals surface area contributed by atoms with E-state index in [9.17, 15) is 4.79 Å². The standard InChI is InChI=1S/C16H20N4O3/c1-9-7-12-13(10(2)23-9)19-20-14(12)15(21)18-8-11-5-4-6-17-16(11)22-3/h4-6,9-10H,7-8H2,1-3H3,(H,18,21)(H,19,20)/t9-,10+/m0/s1. The Morgan fingerprint density at radius 2 is 2.35 bits per heavy atom. The zero-order valence-electron chi connectivity index (χ0n) is 13.4. The Hall–Kier alpha value is -2.41. The maximum atomic E-state index is 12.5. The van der Waals surface area contributed by atoms with Gasteiger partial charge in [-0.3, -0.25) is 9.89 Å². The van der Waals surface area contributed by atoms with Crippen molar-refractivity contribution < 1.29 is 14.3 Å². The molecule has 0 saturated heterocycles. The van der Waals surface area contributed by atoms with Gasteiger partial charge >= 0.3 is 0 Å². The van der Waals surface area contributed by atoms with Gasteiger partial charge in [0.2, 0.25) is 5.88 Å². The summed E-state index contributed by atoms with van der Waals surface area (Å²) in [7, 11) is 1.56. The number of carbonyl (C=O) groups is 1. The fraction of sp³-hybridized carbons (Fsp3) is 0.438. The van der Waals surface area contributed by atoms with Gasteiger partial charge in [0.05, 0.1) is 25.0 Å². The van der Waals surface area contributed by atoms with Crippen molar-refractivity contribution in [3.05, 3.63) is 40.8 Å². The lowest BCUT2D eigenvalue weighted by molar-refractivity contribution is -0.00697. The molecule has 2 N–H and O–H groups in total. The van der Waals surface area contributed by atoms with Crippen LogP contribution in [0.5, 0.6) is 5.88 Å². The smallest absolute Gasteiger partial charge is 0.272 e. The topological polar surface area (TPSA) is 89.1 Å². The summed E-state index contributed by atoms with van der Waals surface area (Å²) in [4.78, 5) is 16.6. The molecular weight excluding hydrogens is 296 g/mol. The summed E-state index contributed by atoms with van der Waals surface area (Å²) in [6.07, 6.45) is 2.31. The van der Waals surface area contributed by atoms with Gasteiger partial charge < -0.3 is 14.8 Å². The van der Waals surface area contributed by atoms with Crippen LogP contribution < -0.4 is 10.1 Å². The Labute approximate surface area is 134 Å². The van der Waals surface area contributed by atoms with Crippen LogP contribution in [-0.4, -0.2) is 34.3 Å². The summed E-state index contributed by atoms with van der Waals surface area (Å²) in [5.74, 6) is 0.294. The van der Waals surface area contributed by atoms with Gasteiger partial charge in [0.15, 0.2) is 5.69 Å². The summed E-state index contributed by atoms with van der Waals surface area (Å²) in [5.41, 5.74) is 3.07. The maximum absolute atomic E-state index is 12.5. The average Bonchev–Trinajstić information content (AvgIpc) is 2.97. The van der Waals surface area contributed by atoms with Crippen LogP contribution in [0, 0.1) is 0 Å². The van der Waals surface area contributed by atoms with Crippen molar-refractivity contribution in [2.24, 2.45) is 0 Å². The third kappa shape index (κ3) is 3.05. The Kier molecular flexibility index (Phi) is 4.29. The lowest BCUT2D eigenvalue weighted by Crippen LogP contribution is -2.27. The molecule has 1 amide bonds. The van der Waals surface area contributed by atoms with Crippen molar-refractivity contribution in [2.45, 2.75) is 39.0 Å². The van der Waals surface area contributed by atoms with Gasteiger partial charge in [-0.25, -0.2) is 4.98 Å². The molecule has 0 aliphatic carbocycles. The molecule has 122 valence electrons. The molecule has 0 unspecified atom stereocenters. The number of rotatable bonds is 4. The lowest BCUT2D eigenvalue weighted by Gasteiger charge is -2.25. The maximum Gasteiger partial charge on any atom is 0.272 e. The first kappa shape index (κ1) is 15.5. The van der Waals surface area contributed by atoms with Crippen LogP contribution in [0.1, 0.15) is 47.3 Å². The number of nitrogens with zero attached hydrogens (tertiary/aromatic N) is 2. The molecule has 2 atom stereocenters. The second kappa shape index (κ2) is 6.37. The summed E-state index contributed by atoms with van der Waals surface area (Å²) in [5, 5.41) is 9.97. The molecule has 7 nitrogen and oxygen atoms in total. The molecule has 1 aliphatic rings. The number of aromatic amines is 1. The quantitative estimate of drug-likeness (QED) is 0.897. The minimum atomic E-state index is -0.213. The monoisotopic (exact) mass is 316 g/mol. The molecule has 2 aromatic heterocycles. The molecule has 1 aliphatic heterocycles. The zero-order chi connectivity index (χ0) is 16.4. The zero-order valence-corrected chi connectivity index (χ0v) is 13.4. The van der Waals surface area contributed by atoms with E-state index in [1.54, 1.807) is 19.4 Å². The molecule has 23 heavy (non-hydrogen) atoms. The summed E-state index contributed by atoms with van der Waals surface area (Å²) in [6.45, 7) is 4.28. The number of methoxy groups -OCH3 is 1. The summed E-state index contributed by atoms with van der Waals surface area (Å²) >= 11 is 0. The van der Waals surface area contributed by atoms with E-state index < -0.39 is 0 Å². The van der Waals surface area contributed by atoms with E-state index in [2.05, 4.69) is 20.5 Å². The van der Waals surface area contributed by atoms with E-state index in [-0.39, 0.29) is 18.1 Å². The highest BCUT2D eigenvalue weighted by atomic mass is 16.5. The van der Waals surface area contributed by atoms with Gasteiger partial charge in [-0.15, -0.1) is 0 Å². The molecule has 0 bridgehead atoms. The van der Waals surface area contributed by atoms with Gasteiger partial charge in [0.1, 0.15) is 0 Å². The number of hydrogen-bond acceptors (Lipinski definition) is 5. The van der Waals surface area contributed by atoms with Gasteiger partial charge in [-0.1, -0.05) is 6.07 Å². The second-order valence-corrected chi connectivity index (χ2v) is 5.61. The summed E-state index contributed by atoms with van der Waals surface area (Å²) < 4.78 is 10.9. The van der Waals surface area contributed by atoms with Crippen molar-refractivity contribution in [3.63, 3.8) is 0 Å². The van der Waals surface area contributed by atoms with Crippen molar-refractivity contribution in [3.8, 4) is 5.88 Å². The first-order valence-corrected chi connectivity index (χ1v) is 7.58. The lowest BCUT2D eigenvalue weighted by atomic mass is 9.99. The van der Waals surface area contributed by atoms with Crippen molar-refractivity contribution >= 4 is 5.91 Å². The number of amides is 1. The molecule has 0 fully saturated rings. The van der Waals surface area contributed by atoms with E-state index in [0.29, 0.717) is 24.5 Å². The number of carbonyl (C=O) groups excluding carboxylic acids is 1. The molecule has 0 spiro atoms. The third-order valence-electron chi connectivity index (χ3n) is 3.93. The first-order chi connectivity index (χ1) is 11.1. The normalized spacial score (nSPS) is 20.0. The van der Waals surface area contributed by atoms with Crippen LogP contribution in [0.15, 0.2) is 18.3 Å². The van der Waals surface area contributed by atoms with Crippen LogP contribution in [0.3, 0.4) is 0 Å². The number of fused-ring (bicyclic) bond motifs is 1. The minimum Gasteiger partial charge on any atom is -0.481 e. The molecular formula is C16H20N4O3. The number of ether oxygens (including phenoxy) is 2. The van der Waals surface area contributed by atoms with E-state index in [0.717, 1.165) is 16.8 Å². The van der Waals surface area contributed by atoms with Crippen molar-refractivity contribution in [1.82, 2.24) is 20.5 Å². The van der Waals surface area contributed by atoms with Gasteiger partial charge in [0.25, 0.3) is 5.91 Å². The Morgan fingerprint density at radius 3 is 3.13 bits per heavy atom. The fourth-order valence-electron chi connectivity index (χ4n) is 2.86. The predicted molar refractivity (Wildman–Crippen MR) is 83.2 cm³/mol. The SMILES string of the molecule is COc1ncccc1CNC(=O)c1n[nH]c2c1C[C@H](C)O[C@@H]2C. The second-order valence-electron chi connectivity index (χ2n) is 5.61. The Balaban J connectivity index is 1.75. The van der Waals surface area contributed by atoms with Crippen molar-refractivity contribution in [1.29, 1.82) is 0 Å². The largest absolute Gasteiger partial charge is 0.481 e. The third-order valence-corrected chi connectivity index (χ3v) is 3.93. The van der Waals surface area contributed by atoms with E-state index in [1.807, 2.05) is 19.9 Å². The Bertz CT molecular complexity index is 713. The molecule has 2 aromatic rings. The van der Waals surface area contributed by atoms with E-state index >= 15 is 0 Å². The number of H-pyrrole nitrogens is 1. The first-order valence-electron chi connectivity index (χ1n) is 7.58.